The summed E-state index contributed by atoms with van der Waals surface area (Å²) in [6, 6.07) is 22.6. The number of hydrogen-bond donors (Lipinski definition) is 0. The van der Waals surface area contributed by atoms with Gasteiger partial charge in [-0.25, -0.2) is 4.98 Å². The number of benzene rings is 2. The van der Waals surface area contributed by atoms with Crippen molar-refractivity contribution in [1.82, 2.24) is 9.97 Å². The van der Waals surface area contributed by atoms with Crippen LogP contribution in [0.25, 0.3) is 0 Å². The third-order valence-electron chi connectivity index (χ3n) is 3.93. The summed E-state index contributed by atoms with van der Waals surface area (Å²) in [6.45, 7) is 2.82. The lowest BCUT2D eigenvalue weighted by Crippen LogP contribution is -2.20. The van der Waals surface area contributed by atoms with Crippen LogP contribution in [0, 0.1) is 6.92 Å². The zero-order chi connectivity index (χ0) is 16.9. The average Bonchev–Trinajstić information content (AvgIpc) is 2.62. The largest absolute Gasteiger partial charge is 0.355 e. The maximum atomic E-state index is 4.75. The summed E-state index contributed by atoms with van der Waals surface area (Å²) in [6.07, 6.45) is 0. The van der Waals surface area contributed by atoms with E-state index < -0.39 is 0 Å². The Kier molecular flexibility index (Phi) is 4.75. The van der Waals surface area contributed by atoms with Gasteiger partial charge in [-0.15, -0.1) is 0 Å². The molecule has 0 aliphatic rings. The molecule has 0 spiro atoms. The van der Waals surface area contributed by atoms with E-state index in [4.69, 9.17) is 4.98 Å². The quantitative estimate of drug-likeness (QED) is 0.706. The molecule has 0 amide bonds. The Labute approximate surface area is 143 Å². The molecule has 0 N–H and O–H groups in total. The van der Waals surface area contributed by atoms with Crippen LogP contribution in [0.15, 0.2) is 66.7 Å². The standard InChI is InChI=1S/C20H22N4/c1-16-14-19(23(2)15-17-10-6-4-7-11-17)22-20(21-16)24(3)18-12-8-5-9-13-18/h4-14H,15H2,1-3H3. The van der Waals surface area contributed by atoms with Crippen LogP contribution in [0.2, 0.25) is 0 Å². The Balaban J connectivity index is 1.86. The van der Waals surface area contributed by atoms with Gasteiger partial charge in [0.15, 0.2) is 0 Å². The molecule has 24 heavy (non-hydrogen) atoms. The molecule has 3 rings (SSSR count). The summed E-state index contributed by atoms with van der Waals surface area (Å²) < 4.78 is 0. The van der Waals surface area contributed by atoms with Crippen LogP contribution in [0.5, 0.6) is 0 Å². The summed E-state index contributed by atoms with van der Waals surface area (Å²) in [4.78, 5) is 13.5. The monoisotopic (exact) mass is 318 g/mol. The van der Waals surface area contributed by atoms with Crippen LogP contribution >= 0.6 is 0 Å². The van der Waals surface area contributed by atoms with Crippen molar-refractivity contribution in [2.24, 2.45) is 0 Å². The molecule has 0 saturated carbocycles. The van der Waals surface area contributed by atoms with E-state index in [1.807, 2.05) is 49.2 Å². The average molecular weight is 318 g/mol. The summed E-state index contributed by atoms with van der Waals surface area (Å²) in [5, 5.41) is 0. The molecular weight excluding hydrogens is 296 g/mol. The molecule has 4 nitrogen and oxygen atoms in total. The van der Waals surface area contributed by atoms with Crippen molar-refractivity contribution in [3.8, 4) is 0 Å². The molecule has 0 fully saturated rings. The molecule has 1 aromatic heterocycles. The third kappa shape index (κ3) is 3.71. The second-order valence-corrected chi connectivity index (χ2v) is 5.90. The molecule has 122 valence electrons. The fourth-order valence-corrected chi connectivity index (χ4v) is 2.59. The van der Waals surface area contributed by atoms with Gasteiger partial charge in [-0.1, -0.05) is 48.5 Å². The third-order valence-corrected chi connectivity index (χ3v) is 3.93. The van der Waals surface area contributed by atoms with E-state index in [0.717, 1.165) is 23.7 Å². The predicted octanol–water partition coefficient (Wildman–Crippen LogP) is 4.19. The van der Waals surface area contributed by atoms with Crippen LogP contribution in [0.1, 0.15) is 11.3 Å². The lowest BCUT2D eigenvalue weighted by molar-refractivity contribution is 0.880. The maximum absolute atomic E-state index is 4.75. The summed E-state index contributed by atoms with van der Waals surface area (Å²) >= 11 is 0. The zero-order valence-corrected chi connectivity index (χ0v) is 14.3. The second kappa shape index (κ2) is 7.13. The highest BCUT2D eigenvalue weighted by molar-refractivity contribution is 5.58. The van der Waals surface area contributed by atoms with Gasteiger partial charge in [-0.3, -0.25) is 0 Å². The molecule has 1 heterocycles. The molecule has 2 aromatic carbocycles. The van der Waals surface area contributed by atoms with Crippen LogP contribution in [0.3, 0.4) is 0 Å². The fraction of sp³-hybridized carbons (Fsp3) is 0.200. The van der Waals surface area contributed by atoms with Crippen molar-refractivity contribution in [3.05, 3.63) is 78.0 Å². The first-order chi connectivity index (χ1) is 11.6. The van der Waals surface area contributed by atoms with Crippen molar-refractivity contribution < 1.29 is 0 Å². The van der Waals surface area contributed by atoms with Crippen molar-refractivity contribution in [2.75, 3.05) is 23.9 Å². The molecule has 0 bridgehead atoms. The number of anilines is 3. The Morgan fingerprint density at radius 2 is 1.46 bits per heavy atom. The smallest absolute Gasteiger partial charge is 0.231 e. The van der Waals surface area contributed by atoms with Crippen molar-refractivity contribution in [2.45, 2.75) is 13.5 Å². The lowest BCUT2D eigenvalue weighted by atomic mass is 10.2. The van der Waals surface area contributed by atoms with Crippen molar-refractivity contribution >= 4 is 17.5 Å². The highest BCUT2D eigenvalue weighted by Gasteiger charge is 2.11. The van der Waals surface area contributed by atoms with Crippen molar-refractivity contribution in [3.63, 3.8) is 0 Å². The second-order valence-electron chi connectivity index (χ2n) is 5.90. The first kappa shape index (κ1) is 16.0. The van der Waals surface area contributed by atoms with Gasteiger partial charge in [-0.2, -0.15) is 4.98 Å². The summed E-state index contributed by atoms with van der Waals surface area (Å²) in [7, 11) is 4.05. The molecule has 0 saturated heterocycles. The normalized spacial score (nSPS) is 10.5. The van der Waals surface area contributed by atoms with Crippen LogP contribution in [0.4, 0.5) is 17.5 Å². The van der Waals surface area contributed by atoms with E-state index in [9.17, 15) is 0 Å². The molecule has 4 heteroatoms. The maximum Gasteiger partial charge on any atom is 0.231 e. The Morgan fingerprint density at radius 1 is 0.833 bits per heavy atom. The topological polar surface area (TPSA) is 32.3 Å². The summed E-state index contributed by atoms with van der Waals surface area (Å²) in [5.74, 6) is 1.63. The van der Waals surface area contributed by atoms with Crippen LogP contribution < -0.4 is 9.80 Å². The molecule has 3 aromatic rings. The molecule has 0 radical (unpaired) electrons. The number of aromatic nitrogens is 2. The Bertz CT molecular complexity index is 787. The van der Waals surface area contributed by atoms with Crippen molar-refractivity contribution in [1.29, 1.82) is 0 Å². The number of hydrogen-bond acceptors (Lipinski definition) is 4. The van der Waals surface area contributed by atoms with Crippen LogP contribution in [-0.4, -0.2) is 24.1 Å². The van der Waals surface area contributed by atoms with E-state index in [1.54, 1.807) is 0 Å². The first-order valence-electron chi connectivity index (χ1n) is 8.03. The fourth-order valence-electron chi connectivity index (χ4n) is 2.59. The van der Waals surface area contributed by atoms with E-state index >= 15 is 0 Å². The number of rotatable bonds is 5. The Hall–Kier alpha value is -2.88. The molecule has 0 unspecified atom stereocenters. The molecular formula is C20H22N4. The minimum absolute atomic E-state index is 0.705. The van der Waals surface area contributed by atoms with Gasteiger partial charge in [0.2, 0.25) is 5.95 Å². The molecule has 0 aliphatic heterocycles. The van der Waals surface area contributed by atoms with Gasteiger partial charge < -0.3 is 9.80 Å². The van der Waals surface area contributed by atoms with Gasteiger partial charge in [-0.05, 0) is 24.6 Å². The van der Waals surface area contributed by atoms with Gasteiger partial charge in [0.1, 0.15) is 5.82 Å². The van der Waals surface area contributed by atoms with E-state index in [2.05, 4.69) is 53.3 Å². The van der Waals surface area contributed by atoms with Gasteiger partial charge in [0.05, 0.1) is 0 Å². The van der Waals surface area contributed by atoms with Gasteiger partial charge in [0.25, 0.3) is 0 Å². The van der Waals surface area contributed by atoms with E-state index in [1.165, 1.54) is 5.56 Å². The SMILES string of the molecule is Cc1cc(N(C)Cc2ccccc2)nc(N(C)c2ccccc2)n1. The summed E-state index contributed by atoms with van der Waals surface area (Å²) in [5.41, 5.74) is 3.28. The first-order valence-corrected chi connectivity index (χ1v) is 8.03. The minimum Gasteiger partial charge on any atom is -0.355 e. The Morgan fingerprint density at radius 3 is 2.12 bits per heavy atom. The van der Waals surface area contributed by atoms with Crippen LogP contribution in [-0.2, 0) is 6.54 Å². The highest BCUT2D eigenvalue weighted by atomic mass is 15.3. The van der Waals surface area contributed by atoms with E-state index in [-0.39, 0.29) is 0 Å². The number of para-hydroxylation sites is 1. The van der Waals surface area contributed by atoms with Gasteiger partial charge in [0, 0.05) is 38.1 Å². The molecule has 0 aliphatic carbocycles. The van der Waals surface area contributed by atoms with E-state index in [0.29, 0.717) is 5.95 Å². The zero-order valence-electron chi connectivity index (χ0n) is 14.3. The predicted molar refractivity (Wildman–Crippen MR) is 99.8 cm³/mol. The molecule has 0 atom stereocenters. The highest BCUT2D eigenvalue weighted by Crippen LogP contribution is 2.23. The minimum atomic E-state index is 0.705. The van der Waals surface area contributed by atoms with Gasteiger partial charge >= 0.3 is 0 Å². The number of aryl methyl sites for hydroxylation is 1. The lowest BCUT2D eigenvalue weighted by Gasteiger charge is -2.22. The number of nitrogens with zero attached hydrogens (tertiary/aromatic N) is 4.